The standard InChI is InChI=1S/C21H27ClN6O/c1-13(2)17-12-24-28-19(17)26-21(29-15-7-6-10-23-11-15)27-20(28)25-14(3)16-8-4-5-9-18(16)22/h4-5,8-9,12-15,23H,6-7,10-11H2,1-3H3,(H,25,26,27)/t14-,15+/m0/s1. The molecule has 1 aliphatic heterocycles. The van der Waals surface area contributed by atoms with Gasteiger partial charge < -0.3 is 15.4 Å². The van der Waals surface area contributed by atoms with Gasteiger partial charge in [-0.3, -0.25) is 0 Å². The third kappa shape index (κ3) is 4.31. The summed E-state index contributed by atoms with van der Waals surface area (Å²) in [6, 6.07) is 8.12. The van der Waals surface area contributed by atoms with Crippen LogP contribution in [-0.2, 0) is 0 Å². The van der Waals surface area contributed by atoms with Gasteiger partial charge in [0.15, 0.2) is 5.65 Å². The molecule has 0 bridgehead atoms. The van der Waals surface area contributed by atoms with E-state index in [9.17, 15) is 0 Å². The molecule has 2 aromatic heterocycles. The summed E-state index contributed by atoms with van der Waals surface area (Å²) < 4.78 is 7.87. The molecule has 154 valence electrons. The first kappa shape index (κ1) is 19.9. The molecule has 1 saturated heterocycles. The van der Waals surface area contributed by atoms with Crippen LogP contribution in [0.3, 0.4) is 0 Å². The summed E-state index contributed by atoms with van der Waals surface area (Å²) in [5, 5.41) is 12.0. The Balaban J connectivity index is 1.70. The molecule has 3 aromatic rings. The van der Waals surface area contributed by atoms with Crippen molar-refractivity contribution in [2.45, 2.75) is 51.7 Å². The van der Waals surface area contributed by atoms with Crippen molar-refractivity contribution in [3.63, 3.8) is 0 Å². The summed E-state index contributed by atoms with van der Waals surface area (Å²) in [4.78, 5) is 9.33. The number of nitrogens with zero attached hydrogens (tertiary/aromatic N) is 4. The summed E-state index contributed by atoms with van der Waals surface area (Å²) in [6.45, 7) is 8.15. The maximum Gasteiger partial charge on any atom is 0.322 e. The predicted octanol–water partition coefficient (Wildman–Crippen LogP) is 4.21. The monoisotopic (exact) mass is 414 g/mol. The number of halogens is 1. The van der Waals surface area contributed by atoms with E-state index in [0.29, 0.717) is 22.9 Å². The average molecular weight is 415 g/mol. The largest absolute Gasteiger partial charge is 0.459 e. The van der Waals surface area contributed by atoms with Gasteiger partial charge in [0, 0.05) is 17.1 Å². The summed E-state index contributed by atoms with van der Waals surface area (Å²) in [7, 11) is 0. The average Bonchev–Trinajstić information content (AvgIpc) is 3.13. The first-order valence-corrected chi connectivity index (χ1v) is 10.5. The van der Waals surface area contributed by atoms with Crippen LogP contribution in [-0.4, -0.2) is 38.8 Å². The van der Waals surface area contributed by atoms with E-state index in [-0.39, 0.29) is 12.1 Å². The molecule has 0 spiro atoms. The molecule has 1 aromatic carbocycles. The van der Waals surface area contributed by atoms with Crippen LogP contribution in [0, 0.1) is 0 Å². The van der Waals surface area contributed by atoms with Crippen LogP contribution in [0.4, 0.5) is 5.95 Å². The molecule has 0 unspecified atom stereocenters. The number of hydrogen-bond acceptors (Lipinski definition) is 6. The molecule has 2 N–H and O–H groups in total. The third-order valence-electron chi connectivity index (χ3n) is 5.24. The fraction of sp³-hybridized carbons (Fsp3) is 0.476. The van der Waals surface area contributed by atoms with Crippen LogP contribution >= 0.6 is 11.6 Å². The maximum atomic E-state index is 6.38. The second kappa shape index (κ2) is 8.55. The van der Waals surface area contributed by atoms with E-state index in [2.05, 4.69) is 39.5 Å². The first-order valence-electron chi connectivity index (χ1n) is 10.2. The van der Waals surface area contributed by atoms with Gasteiger partial charge in [0.1, 0.15) is 6.10 Å². The number of rotatable bonds is 6. The number of piperidine rings is 1. The van der Waals surface area contributed by atoms with Crippen molar-refractivity contribution in [2.24, 2.45) is 0 Å². The molecular formula is C21H27ClN6O. The molecule has 0 aliphatic carbocycles. The number of anilines is 1. The molecule has 3 heterocycles. The molecule has 1 aliphatic rings. The van der Waals surface area contributed by atoms with Gasteiger partial charge in [0.05, 0.1) is 12.2 Å². The van der Waals surface area contributed by atoms with Gasteiger partial charge >= 0.3 is 6.01 Å². The lowest BCUT2D eigenvalue weighted by Gasteiger charge is -2.23. The van der Waals surface area contributed by atoms with E-state index in [1.165, 1.54) is 0 Å². The van der Waals surface area contributed by atoms with Crippen LogP contribution in [0.1, 0.15) is 56.7 Å². The fourth-order valence-corrected chi connectivity index (χ4v) is 3.90. The topological polar surface area (TPSA) is 76.4 Å². The third-order valence-corrected chi connectivity index (χ3v) is 5.58. The van der Waals surface area contributed by atoms with Gasteiger partial charge in [-0.05, 0) is 43.9 Å². The maximum absolute atomic E-state index is 6.38. The normalized spacial score (nSPS) is 18.2. The number of benzene rings is 1. The Morgan fingerprint density at radius 3 is 2.76 bits per heavy atom. The molecule has 2 atom stereocenters. The molecule has 8 heteroatoms. The summed E-state index contributed by atoms with van der Waals surface area (Å²) in [5.74, 6) is 0.883. The first-order chi connectivity index (χ1) is 14.0. The van der Waals surface area contributed by atoms with Gasteiger partial charge in [-0.15, -0.1) is 0 Å². The lowest BCUT2D eigenvalue weighted by atomic mass is 10.1. The molecular weight excluding hydrogens is 388 g/mol. The van der Waals surface area contributed by atoms with Crippen LogP contribution < -0.4 is 15.4 Å². The second-order valence-electron chi connectivity index (χ2n) is 7.79. The quantitative estimate of drug-likeness (QED) is 0.629. The highest BCUT2D eigenvalue weighted by atomic mass is 35.5. The minimum absolute atomic E-state index is 0.0577. The van der Waals surface area contributed by atoms with Crippen molar-refractivity contribution < 1.29 is 4.74 Å². The van der Waals surface area contributed by atoms with Gasteiger partial charge in [0.25, 0.3) is 0 Å². The molecule has 0 amide bonds. The molecule has 0 radical (unpaired) electrons. The van der Waals surface area contributed by atoms with Crippen molar-refractivity contribution in [3.8, 4) is 6.01 Å². The van der Waals surface area contributed by atoms with E-state index in [4.69, 9.17) is 16.3 Å². The van der Waals surface area contributed by atoms with Crippen molar-refractivity contribution in [3.05, 3.63) is 46.6 Å². The van der Waals surface area contributed by atoms with Crippen molar-refractivity contribution >= 4 is 23.2 Å². The van der Waals surface area contributed by atoms with Crippen molar-refractivity contribution in [1.82, 2.24) is 24.9 Å². The number of hydrogen-bond donors (Lipinski definition) is 2. The summed E-state index contributed by atoms with van der Waals surface area (Å²) in [6.07, 6.45) is 4.01. The Kier molecular flexibility index (Phi) is 5.87. The van der Waals surface area contributed by atoms with E-state index >= 15 is 0 Å². The zero-order valence-corrected chi connectivity index (χ0v) is 17.8. The Morgan fingerprint density at radius 2 is 2.03 bits per heavy atom. The summed E-state index contributed by atoms with van der Waals surface area (Å²) in [5.41, 5.74) is 2.83. The van der Waals surface area contributed by atoms with Crippen molar-refractivity contribution in [1.29, 1.82) is 0 Å². The van der Waals surface area contributed by atoms with Crippen molar-refractivity contribution in [2.75, 3.05) is 18.4 Å². The number of ether oxygens (including phenoxy) is 1. The van der Waals surface area contributed by atoms with E-state index in [0.717, 1.165) is 42.7 Å². The lowest BCUT2D eigenvalue weighted by molar-refractivity contribution is 0.153. The Labute approximate surface area is 175 Å². The fourth-order valence-electron chi connectivity index (χ4n) is 3.60. The smallest absolute Gasteiger partial charge is 0.322 e. The molecule has 4 rings (SSSR count). The highest BCUT2D eigenvalue weighted by Crippen LogP contribution is 2.28. The predicted molar refractivity (Wildman–Crippen MR) is 115 cm³/mol. The molecule has 0 saturated carbocycles. The zero-order valence-electron chi connectivity index (χ0n) is 17.0. The molecule has 1 fully saturated rings. The minimum Gasteiger partial charge on any atom is -0.459 e. The van der Waals surface area contributed by atoms with Crippen LogP contribution in [0.2, 0.25) is 5.02 Å². The van der Waals surface area contributed by atoms with Crippen LogP contribution in [0.15, 0.2) is 30.5 Å². The van der Waals surface area contributed by atoms with Gasteiger partial charge in [-0.2, -0.15) is 19.6 Å². The molecule has 29 heavy (non-hydrogen) atoms. The highest BCUT2D eigenvalue weighted by molar-refractivity contribution is 6.31. The van der Waals surface area contributed by atoms with E-state index in [1.807, 2.05) is 37.4 Å². The van der Waals surface area contributed by atoms with Gasteiger partial charge in [0.2, 0.25) is 5.95 Å². The number of fused-ring (bicyclic) bond motifs is 1. The number of aromatic nitrogens is 4. The Bertz CT molecular complexity index is 982. The summed E-state index contributed by atoms with van der Waals surface area (Å²) >= 11 is 6.38. The second-order valence-corrected chi connectivity index (χ2v) is 8.20. The van der Waals surface area contributed by atoms with E-state index in [1.54, 1.807) is 4.52 Å². The minimum atomic E-state index is -0.0577. The van der Waals surface area contributed by atoms with E-state index < -0.39 is 0 Å². The zero-order chi connectivity index (χ0) is 20.4. The lowest BCUT2D eigenvalue weighted by Crippen LogP contribution is -2.37. The Morgan fingerprint density at radius 1 is 1.21 bits per heavy atom. The van der Waals surface area contributed by atoms with Crippen LogP contribution in [0.5, 0.6) is 6.01 Å². The van der Waals surface area contributed by atoms with Crippen LogP contribution in [0.25, 0.3) is 5.65 Å². The van der Waals surface area contributed by atoms with Gasteiger partial charge in [-0.1, -0.05) is 43.6 Å². The SMILES string of the molecule is CC(C)c1cnn2c(N[C@@H](C)c3ccccc3Cl)nc(O[C@@H]3CCCNC3)nc12. The Hall–Kier alpha value is -2.38. The molecule has 7 nitrogen and oxygen atoms in total. The highest BCUT2D eigenvalue weighted by Gasteiger charge is 2.21. The number of nitrogens with one attached hydrogen (secondary N) is 2. The van der Waals surface area contributed by atoms with Gasteiger partial charge in [-0.25, -0.2) is 0 Å².